The summed E-state index contributed by atoms with van der Waals surface area (Å²) in [5, 5.41) is 9.71. The van der Waals surface area contributed by atoms with Crippen LogP contribution in [0.15, 0.2) is 12.3 Å². The summed E-state index contributed by atoms with van der Waals surface area (Å²) in [7, 11) is 0. The average Bonchev–Trinajstić information content (AvgIpc) is 3.29. The lowest BCUT2D eigenvalue weighted by molar-refractivity contribution is -0.159. The Hall–Kier alpha value is -2.02. The number of carbonyl (C=O) groups excluding carboxylic acids is 1. The van der Waals surface area contributed by atoms with Gasteiger partial charge in [0.25, 0.3) is 5.91 Å². The van der Waals surface area contributed by atoms with Crippen LogP contribution in [0, 0.1) is 11.3 Å². The zero-order valence-corrected chi connectivity index (χ0v) is 14.2. The monoisotopic (exact) mass is 345 g/mol. The lowest BCUT2D eigenvalue weighted by atomic mass is 9.76. The zero-order valence-electron chi connectivity index (χ0n) is 14.2. The van der Waals surface area contributed by atoms with Crippen LogP contribution in [0.2, 0.25) is 0 Å². The number of carboxylic acid groups (broad SMARTS) is 1. The normalized spacial score (nSPS) is 29.6. The van der Waals surface area contributed by atoms with E-state index >= 15 is 0 Å². The van der Waals surface area contributed by atoms with Gasteiger partial charge in [0, 0.05) is 31.8 Å². The number of rotatable bonds is 3. The van der Waals surface area contributed by atoms with Gasteiger partial charge in [-0.15, -0.1) is 0 Å². The van der Waals surface area contributed by atoms with Crippen LogP contribution in [0.4, 0.5) is 0 Å². The molecular weight excluding hydrogens is 322 g/mol. The summed E-state index contributed by atoms with van der Waals surface area (Å²) in [5.41, 5.74) is -0.605. The highest BCUT2D eigenvalue weighted by molar-refractivity contribution is 5.93. The second-order valence-electron chi connectivity index (χ2n) is 7.47. The second kappa shape index (κ2) is 6.37. The van der Waals surface area contributed by atoms with Gasteiger partial charge in [-0.3, -0.25) is 9.59 Å². The Kier molecular flexibility index (Phi) is 4.19. The van der Waals surface area contributed by atoms with Crippen LogP contribution < -0.4 is 0 Å². The molecule has 7 heteroatoms. The Morgan fingerprint density at radius 3 is 2.80 bits per heavy atom. The number of hydrogen-bond donors (Lipinski definition) is 1. The van der Waals surface area contributed by atoms with Gasteiger partial charge < -0.3 is 14.7 Å². The van der Waals surface area contributed by atoms with E-state index in [0.29, 0.717) is 31.2 Å². The van der Waals surface area contributed by atoms with Gasteiger partial charge in [-0.25, -0.2) is 9.97 Å². The van der Waals surface area contributed by atoms with Gasteiger partial charge in [-0.05, 0) is 31.2 Å². The van der Waals surface area contributed by atoms with Gasteiger partial charge >= 0.3 is 5.97 Å². The molecule has 0 bridgehead atoms. The van der Waals surface area contributed by atoms with E-state index < -0.39 is 11.4 Å². The molecule has 1 N–H and O–H groups in total. The number of carbonyl (C=O) groups is 2. The summed E-state index contributed by atoms with van der Waals surface area (Å²) in [6, 6.07) is 1.63. The number of amides is 1. The molecule has 1 amide bonds. The van der Waals surface area contributed by atoms with Crippen molar-refractivity contribution in [1.29, 1.82) is 0 Å². The third kappa shape index (κ3) is 2.80. The summed E-state index contributed by atoms with van der Waals surface area (Å²) in [6.07, 6.45) is 6.83. The average molecular weight is 345 g/mol. The molecule has 3 aliphatic rings. The predicted octanol–water partition coefficient (Wildman–Crippen LogP) is 1.70. The van der Waals surface area contributed by atoms with Crippen LogP contribution >= 0.6 is 0 Å². The molecule has 2 aliphatic heterocycles. The molecule has 0 spiro atoms. The highest BCUT2D eigenvalue weighted by atomic mass is 16.5. The van der Waals surface area contributed by atoms with Gasteiger partial charge in [-0.2, -0.15) is 0 Å². The standard InChI is InChI=1S/C18H23N3O4/c22-16(14-5-7-19-15(20-14)12-3-1-2-4-12)21-9-13-6-8-25-11-18(13,10-21)17(23)24/h5,7,12-13H,1-4,6,8-11H2,(H,23,24)/t13-,18+/m1/s1. The first-order valence-electron chi connectivity index (χ1n) is 9.03. The van der Waals surface area contributed by atoms with Crippen molar-refractivity contribution >= 4 is 11.9 Å². The van der Waals surface area contributed by atoms with Crippen molar-refractivity contribution in [2.75, 3.05) is 26.3 Å². The summed E-state index contributed by atoms with van der Waals surface area (Å²) in [5.74, 6) is -0.0405. The number of aliphatic carboxylic acids is 1. The van der Waals surface area contributed by atoms with Crippen LogP contribution in [0.1, 0.15) is 54.3 Å². The Morgan fingerprint density at radius 1 is 1.28 bits per heavy atom. The van der Waals surface area contributed by atoms with Gasteiger partial charge in [0.1, 0.15) is 16.9 Å². The molecule has 2 saturated heterocycles. The molecule has 1 aromatic rings. The molecule has 0 aromatic carbocycles. The molecule has 4 rings (SSSR count). The quantitative estimate of drug-likeness (QED) is 0.896. The Balaban J connectivity index is 1.55. The van der Waals surface area contributed by atoms with Gasteiger partial charge in [-0.1, -0.05) is 12.8 Å². The van der Waals surface area contributed by atoms with Gasteiger partial charge in [0.05, 0.1) is 6.61 Å². The molecule has 1 saturated carbocycles. The third-order valence-corrected chi connectivity index (χ3v) is 5.99. The van der Waals surface area contributed by atoms with E-state index in [1.54, 1.807) is 17.2 Å². The predicted molar refractivity (Wildman–Crippen MR) is 88.1 cm³/mol. The fraction of sp³-hybridized carbons (Fsp3) is 0.667. The molecule has 1 aromatic heterocycles. The maximum atomic E-state index is 12.9. The fourth-order valence-electron chi connectivity index (χ4n) is 4.48. The number of fused-ring (bicyclic) bond motifs is 1. The Bertz CT molecular complexity index is 689. The van der Waals surface area contributed by atoms with Gasteiger partial charge in [0.15, 0.2) is 0 Å². The number of ether oxygens (including phenoxy) is 1. The smallest absolute Gasteiger partial charge is 0.314 e. The van der Waals surface area contributed by atoms with Crippen LogP contribution in [0.25, 0.3) is 0 Å². The van der Waals surface area contributed by atoms with Crippen molar-refractivity contribution in [1.82, 2.24) is 14.9 Å². The first kappa shape index (κ1) is 16.4. The largest absolute Gasteiger partial charge is 0.481 e. The van der Waals surface area contributed by atoms with E-state index in [9.17, 15) is 14.7 Å². The molecule has 1 aliphatic carbocycles. The van der Waals surface area contributed by atoms with Crippen LogP contribution in [0.5, 0.6) is 0 Å². The van der Waals surface area contributed by atoms with Crippen molar-refractivity contribution in [2.45, 2.75) is 38.0 Å². The first-order chi connectivity index (χ1) is 12.1. The minimum absolute atomic E-state index is 0.0566. The van der Waals surface area contributed by atoms with E-state index in [4.69, 9.17) is 4.74 Å². The summed E-state index contributed by atoms with van der Waals surface area (Å²) in [4.78, 5) is 35.3. The minimum atomic E-state index is -0.977. The number of carboxylic acids is 1. The lowest BCUT2D eigenvalue weighted by Gasteiger charge is -2.33. The van der Waals surface area contributed by atoms with Crippen molar-refractivity contribution < 1.29 is 19.4 Å². The van der Waals surface area contributed by atoms with Crippen molar-refractivity contribution in [2.24, 2.45) is 11.3 Å². The summed E-state index contributed by atoms with van der Waals surface area (Å²) in [6.45, 7) is 1.38. The van der Waals surface area contributed by atoms with E-state index in [1.165, 1.54) is 12.8 Å². The van der Waals surface area contributed by atoms with Crippen molar-refractivity contribution in [3.8, 4) is 0 Å². The van der Waals surface area contributed by atoms with Crippen molar-refractivity contribution in [3.63, 3.8) is 0 Å². The topological polar surface area (TPSA) is 92.6 Å². The maximum Gasteiger partial charge on any atom is 0.314 e. The molecule has 3 heterocycles. The highest BCUT2D eigenvalue weighted by Gasteiger charge is 2.55. The van der Waals surface area contributed by atoms with Crippen LogP contribution in [-0.2, 0) is 9.53 Å². The fourth-order valence-corrected chi connectivity index (χ4v) is 4.48. The van der Waals surface area contributed by atoms with E-state index in [2.05, 4.69) is 9.97 Å². The molecule has 0 radical (unpaired) electrons. The van der Waals surface area contributed by atoms with E-state index in [1.807, 2.05) is 0 Å². The SMILES string of the molecule is O=C(c1ccnc(C2CCCC2)n1)N1C[C@H]2CCOC[C@@]2(C(=O)O)C1. The Morgan fingerprint density at radius 2 is 2.08 bits per heavy atom. The van der Waals surface area contributed by atoms with E-state index in [-0.39, 0.29) is 25.0 Å². The maximum absolute atomic E-state index is 12.9. The van der Waals surface area contributed by atoms with Crippen LogP contribution in [0.3, 0.4) is 0 Å². The summed E-state index contributed by atoms with van der Waals surface area (Å²) < 4.78 is 5.42. The van der Waals surface area contributed by atoms with Crippen LogP contribution in [-0.4, -0.2) is 58.2 Å². The number of aromatic nitrogens is 2. The third-order valence-electron chi connectivity index (χ3n) is 5.99. The number of hydrogen-bond acceptors (Lipinski definition) is 5. The number of likely N-dealkylation sites (tertiary alicyclic amines) is 1. The van der Waals surface area contributed by atoms with E-state index in [0.717, 1.165) is 18.7 Å². The molecule has 0 unspecified atom stereocenters. The minimum Gasteiger partial charge on any atom is -0.481 e. The second-order valence-corrected chi connectivity index (χ2v) is 7.47. The highest BCUT2D eigenvalue weighted by Crippen LogP contribution is 2.42. The molecule has 7 nitrogen and oxygen atoms in total. The molecule has 2 atom stereocenters. The molecule has 25 heavy (non-hydrogen) atoms. The Labute approximate surface area is 146 Å². The molecular formula is C18H23N3O4. The molecule has 3 fully saturated rings. The number of nitrogens with zero attached hydrogens (tertiary/aromatic N) is 3. The zero-order chi connectivity index (χ0) is 17.4. The summed E-state index contributed by atoms with van der Waals surface area (Å²) >= 11 is 0. The lowest BCUT2D eigenvalue weighted by Crippen LogP contribution is -2.46. The van der Waals surface area contributed by atoms with Gasteiger partial charge in [0.2, 0.25) is 0 Å². The van der Waals surface area contributed by atoms with Crippen molar-refractivity contribution in [3.05, 3.63) is 23.8 Å². The molecule has 134 valence electrons. The first-order valence-corrected chi connectivity index (χ1v) is 9.03.